The minimum absolute atomic E-state index is 0.494. The number of anilines is 1. The third kappa shape index (κ3) is 3.35. The smallest absolute Gasteiger partial charge is 0.0440 e. The number of aryl methyl sites for hydroxylation is 1. The molecule has 0 spiro atoms. The number of para-hydroxylation sites is 1. The first-order chi connectivity index (χ1) is 9.67. The van der Waals surface area contributed by atoms with Crippen LogP contribution < -0.4 is 10.6 Å². The van der Waals surface area contributed by atoms with Gasteiger partial charge in [-0.3, -0.25) is 0 Å². The van der Waals surface area contributed by atoms with Crippen LogP contribution in [0.2, 0.25) is 0 Å². The largest absolute Gasteiger partial charge is 0.367 e. The topological polar surface area (TPSA) is 29.3 Å². The Balaban J connectivity index is 2.17. The van der Waals surface area contributed by atoms with Gasteiger partial charge < -0.3 is 10.6 Å². The van der Waals surface area contributed by atoms with Gasteiger partial charge in [-0.05, 0) is 50.2 Å². The van der Waals surface area contributed by atoms with Crippen molar-refractivity contribution in [1.82, 2.24) is 0 Å². The molecule has 0 saturated heterocycles. The summed E-state index contributed by atoms with van der Waals surface area (Å²) in [6, 6.07) is 9.20. The quantitative estimate of drug-likeness (QED) is 0.880. The summed E-state index contributed by atoms with van der Waals surface area (Å²) in [5.41, 5.74) is 8.88. The van der Waals surface area contributed by atoms with Crippen molar-refractivity contribution in [2.24, 2.45) is 17.6 Å². The van der Waals surface area contributed by atoms with Crippen LogP contribution in [0.3, 0.4) is 0 Å². The molecule has 0 radical (unpaired) electrons. The molecule has 1 aliphatic rings. The highest BCUT2D eigenvalue weighted by molar-refractivity contribution is 5.54. The first-order valence-corrected chi connectivity index (χ1v) is 8.19. The van der Waals surface area contributed by atoms with E-state index in [1.165, 1.54) is 36.9 Å². The van der Waals surface area contributed by atoms with Crippen molar-refractivity contribution in [1.29, 1.82) is 0 Å². The van der Waals surface area contributed by atoms with E-state index in [9.17, 15) is 0 Å². The van der Waals surface area contributed by atoms with Gasteiger partial charge >= 0.3 is 0 Å². The summed E-state index contributed by atoms with van der Waals surface area (Å²) in [5.74, 6) is 1.66. The monoisotopic (exact) mass is 274 g/mol. The molecule has 1 saturated carbocycles. The molecule has 1 aliphatic carbocycles. The van der Waals surface area contributed by atoms with Crippen molar-refractivity contribution in [3.63, 3.8) is 0 Å². The molecule has 1 aromatic rings. The SMILES string of the molecule is CCN(c1ccccc1C)C(CN)C1CCC(C)CC1. The van der Waals surface area contributed by atoms with Crippen LogP contribution in [0.4, 0.5) is 5.69 Å². The molecular formula is C18H30N2. The first kappa shape index (κ1) is 15.4. The lowest BCUT2D eigenvalue weighted by molar-refractivity contribution is 0.250. The number of hydrogen-bond acceptors (Lipinski definition) is 2. The highest BCUT2D eigenvalue weighted by Crippen LogP contribution is 2.34. The molecule has 2 rings (SSSR count). The van der Waals surface area contributed by atoms with Gasteiger partial charge in [0, 0.05) is 24.8 Å². The molecular weight excluding hydrogens is 244 g/mol. The van der Waals surface area contributed by atoms with Gasteiger partial charge in [0.1, 0.15) is 0 Å². The van der Waals surface area contributed by atoms with Crippen LogP contribution in [0, 0.1) is 18.8 Å². The molecule has 2 nitrogen and oxygen atoms in total. The van der Waals surface area contributed by atoms with Crippen LogP contribution in [0.25, 0.3) is 0 Å². The number of hydrogen-bond donors (Lipinski definition) is 1. The summed E-state index contributed by atoms with van der Waals surface area (Å²) in [7, 11) is 0. The number of nitrogens with zero attached hydrogens (tertiary/aromatic N) is 1. The number of nitrogens with two attached hydrogens (primary N) is 1. The molecule has 20 heavy (non-hydrogen) atoms. The van der Waals surface area contributed by atoms with Gasteiger partial charge in [-0.25, -0.2) is 0 Å². The van der Waals surface area contributed by atoms with Crippen LogP contribution in [0.1, 0.15) is 45.1 Å². The van der Waals surface area contributed by atoms with Crippen molar-refractivity contribution >= 4 is 5.69 Å². The van der Waals surface area contributed by atoms with E-state index >= 15 is 0 Å². The molecule has 0 heterocycles. The number of benzene rings is 1. The van der Waals surface area contributed by atoms with Crippen molar-refractivity contribution in [3.05, 3.63) is 29.8 Å². The average Bonchev–Trinajstić information content (AvgIpc) is 2.47. The maximum Gasteiger partial charge on any atom is 0.0440 e. The standard InChI is InChI=1S/C18H30N2/c1-4-20(17-8-6-5-7-15(17)3)18(13-19)16-11-9-14(2)10-12-16/h5-8,14,16,18H,4,9-13,19H2,1-3H3. The Bertz CT molecular complexity index is 408. The third-order valence-corrected chi connectivity index (χ3v) is 5.01. The van der Waals surface area contributed by atoms with Crippen LogP contribution in [-0.4, -0.2) is 19.1 Å². The predicted octanol–water partition coefficient (Wildman–Crippen LogP) is 3.97. The molecule has 1 fully saturated rings. The third-order valence-electron chi connectivity index (χ3n) is 5.01. The van der Waals surface area contributed by atoms with E-state index in [0.717, 1.165) is 24.9 Å². The zero-order valence-corrected chi connectivity index (χ0v) is 13.3. The lowest BCUT2D eigenvalue weighted by Gasteiger charge is -2.40. The van der Waals surface area contributed by atoms with Gasteiger partial charge in [0.25, 0.3) is 0 Å². The Labute approximate surface area is 124 Å². The van der Waals surface area contributed by atoms with E-state index in [4.69, 9.17) is 5.73 Å². The lowest BCUT2D eigenvalue weighted by Crippen LogP contribution is -2.47. The molecule has 112 valence electrons. The average molecular weight is 274 g/mol. The van der Waals surface area contributed by atoms with Crippen molar-refractivity contribution in [3.8, 4) is 0 Å². The minimum atomic E-state index is 0.494. The molecule has 1 aromatic carbocycles. The molecule has 1 atom stereocenters. The summed E-state index contributed by atoms with van der Waals surface area (Å²) in [5, 5.41) is 0. The van der Waals surface area contributed by atoms with Gasteiger partial charge in [0.2, 0.25) is 0 Å². The summed E-state index contributed by atoms with van der Waals surface area (Å²) in [4.78, 5) is 2.54. The van der Waals surface area contributed by atoms with Gasteiger partial charge in [-0.15, -0.1) is 0 Å². The van der Waals surface area contributed by atoms with Crippen LogP contribution in [-0.2, 0) is 0 Å². The second-order valence-electron chi connectivity index (χ2n) is 6.40. The fraction of sp³-hybridized carbons (Fsp3) is 0.667. The Morgan fingerprint density at radius 2 is 1.85 bits per heavy atom. The molecule has 0 amide bonds. The maximum absolute atomic E-state index is 6.16. The molecule has 2 heteroatoms. The predicted molar refractivity (Wildman–Crippen MR) is 88.2 cm³/mol. The van der Waals surface area contributed by atoms with Crippen molar-refractivity contribution in [2.45, 2.75) is 52.5 Å². The second-order valence-corrected chi connectivity index (χ2v) is 6.40. The van der Waals surface area contributed by atoms with E-state index < -0.39 is 0 Å². The van der Waals surface area contributed by atoms with Crippen LogP contribution in [0.5, 0.6) is 0 Å². The highest BCUT2D eigenvalue weighted by atomic mass is 15.2. The Morgan fingerprint density at radius 1 is 1.20 bits per heavy atom. The van der Waals surface area contributed by atoms with E-state index in [0.29, 0.717) is 6.04 Å². The van der Waals surface area contributed by atoms with Crippen LogP contribution >= 0.6 is 0 Å². The Morgan fingerprint density at radius 3 is 2.40 bits per heavy atom. The van der Waals surface area contributed by atoms with E-state index in [-0.39, 0.29) is 0 Å². The first-order valence-electron chi connectivity index (χ1n) is 8.19. The van der Waals surface area contributed by atoms with Gasteiger partial charge in [0.15, 0.2) is 0 Å². The number of likely N-dealkylation sites (N-methyl/N-ethyl adjacent to an activating group) is 1. The fourth-order valence-electron chi connectivity index (χ4n) is 3.71. The van der Waals surface area contributed by atoms with Gasteiger partial charge in [0.05, 0.1) is 0 Å². The molecule has 0 bridgehead atoms. The minimum Gasteiger partial charge on any atom is -0.367 e. The fourth-order valence-corrected chi connectivity index (χ4v) is 3.71. The molecule has 0 aromatic heterocycles. The summed E-state index contributed by atoms with van der Waals surface area (Å²) in [6.07, 6.45) is 5.41. The van der Waals surface area contributed by atoms with Crippen molar-refractivity contribution < 1.29 is 0 Å². The Kier molecular flexibility index (Phi) is 5.47. The zero-order chi connectivity index (χ0) is 14.5. The van der Waals surface area contributed by atoms with E-state index in [1.54, 1.807) is 0 Å². The van der Waals surface area contributed by atoms with E-state index in [1.807, 2.05) is 0 Å². The highest BCUT2D eigenvalue weighted by Gasteiger charge is 2.29. The zero-order valence-electron chi connectivity index (χ0n) is 13.3. The molecule has 0 aliphatic heterocycles. The number of rotatable bonds is 5. The molecule has 2 N–H and O–H groups in total. The second kappa shape index (κ2) is 7.12. The van der Waals surface area contributed by atoms with Crippen LogP contribution in [0.15, 0.2) is 24.3 Å². The Hall–Kier alpha value is -1.02. The van der Waals surface area contributed by atoms with Crippen molar-refractivity contribution in [2.75, 3.05) is 18.0 Å². The summed E-state index contributed by atoms with van der Waals surface area (Å²) >= 11 is 0. The maximum atomic E-state index is 6.16. The lowest BCUT2D eigenvalue weighted by atomic mass is 9.78. The normalized spacial score (nSPS) is 24.4. The summed E-state index contributed by atoms with van der Waals surface area (Å²) < 4.78 is 0. The van der Waals surface area contributed by atoms with E-state index in [2.05, 4.69) is 49.9 Å². The van der Waals surface area contributed by atoms with Gasteiger partial charge in [-0.2, -0.15) is 0 Å². The van der Waals surface area contributed by atoms with Gasteiger partial charge in [-0.1, -0.05) is 38.0 Å². The molecule has 1 unspecified atom stereocenters. The summed E-state index contributed by atoms with van der Waals surface area (Å²) in [6.45, 7) is 8.64.